The van der Waals surface area contributed by atoms with Gasteiger partial charge >= 0.3 is 0 Å². The molecule has 4 fully saturated rings. The maximum Gasteiger partial charge on any atom is 0.134 e. The summed E-state index contributed by atoms with van der Waals surface area (Å²) in [6.45, 7) is 0. The van der Waals surface area contributed by atoms with Gasteiger partial charge in [0.1, 0.15) is 9.98 Å². The van der Waals surface area contributed by atoms with Crippen molar-refractivity contribution in [1.29, 1.82) is 0 Å². The summed E-state index contributed by atoms with van der Waals surface area (Å²) >= 11 is 11.1. The Balaban J connectivity index is 1.29. The number of rotatable bonds is 2. The van der Waals surface area contributed by atoms with Gasteiger partial charge in [-0.3, -0.25) is 0 Å². The molecule has 4 saturated carbocycles. The van der Waals surface area contributed by atoms with Crippen LogP contribution in [0, 0.1) is 23.7 Å². The number of nitrogens with one attached hydrogen (secondary N) is 2. The highest BCUT2D eigenvalue weighted by Crippen LogP contribution is 2.45. The molecule has 4 heteroatoms. The molecule has 0 aliphatic heterocycles. The Kier molecular flexibility index (Phi) is 3.50. The molecule has 0 aromatic rings. The third kappa shape index (κ3) is 2.39. The van der Waals surface area contributed by atoms with Gasteiger partial charge in [0.2, 0.25) is 0 Å². The third-order valence-corrected chi connectivity index (χ3v) is 7.09. The van der Waals surface area contributed by atoms with E-state index < -0.39 is 0 Å². The number of thiocarbonyl (C=S) groups is 2. The SMILES string of the molecule is S=C(NC1CC2CCC1C2)C(=S)NC1CC2CCC1C2. The van der Waals surface area contributed by atoms with Gasteiger partial charge in [-0.05, 0) is 62.2 Å². The zero-order valence-corrected chi connectivity index (χ0v) is 13.6. The summed E-state index contributed by atoms with van der Waals surface area (Å²) in [4.78, 5) is 1.61. The monoisotopic (exact) mass is 308 g/mol. The molecule has 4 aliphatic rings. The molecular formula is C16H24N2S2. The maximum atomic E-state index is 5.53. The molecular weight excluding hydrogens is 284 g/mol. The molecule has 4 bridgehead atoms. The van der Waals surface area contributed by atoms with E-state index in [-0.39, 0.29) is 0 Å². The first kappa shape index (κ1) is 13.4. The van der Waals surface area contributed by atoms with Crippen LogP contribution in [0.5, 0.6) is 0 Å². The second kappa shape index (κ2) is 5.20. The molecule has 0 heterocycles. The summed E-state index contributed by atoms with van der Waals surface area (Å²) in [5, 5.41) is 7.11. The average Bonchev–Trinajstić information content (AvgIpc) is 3.18. The van der Waals surface area contributed by atoms with Crippen molar-refractivity contribution in [3.63, 3.8) is 0 Å². The quantitative estimate of drug-likeness (QED) is 0.765. The Morgan fingerprint density at radius 3 is 1.40 bits per heavy atom. The minimum atomic E-state index is 0.598. The first-order valence-corrected chi connectivity index (χ1v) is 9.12. The first-order valence-electron chi connectivity index (χ1n) is 8.30. The van der Waals surface area contributed by atoms with E-state index in [1.54, 1.807) is 0 Å². The van der Waals surface area contributed by atoms with E-state index in [4.69, 9.17) is 24.4 Å². The molecule has 0 radical (unpaired) electrons. The third-order valence-electron chi connectivity index (χ3n) is 6.32. The van der Waals surface area contributed by atoms with E-state index >= 15 is 0 Å². The smallest absolute Gasteiger partial charge is 0.134 e. The molecule has 6 atom stereocenters. The first-order chi connectivity index (χ1) is 9.69. The van der Waals surface area contributed by atoms with Crippen molar-refractivity contribution >= 4 is 34.4 Å². The van der Waals surface area contributed by atoms with Gasteiger partial charge in [-0.15, -0.1) is 0 Å². The fourth-order valence-electron chi connectivity index (χ4n) is 5.31. The van der Waals surface area contributed by atoms with Crippen LogP contribution in [0.2, 0.25) is 0 Å². The summed E-state index contributed by atoms with van der Waals surface area (Å²) < 4.78 is 0. The van der Waals surface area contributed by atoms with Gasteiger partial charge in [-0.2, -0.15) is 0 Å². The Morgan fingerprint density at radius 1 is 0.650 bits per heavy atom. The van der Waals surface area contributed by atoms with Crippen LogP contribution < -0.4 is 10.6 Å². The average molecular weight is 309 g/mol. The predicted octanol–water partition coefficient (Wildman–Crippen LogP) is 3.20. The summed E-state index contributed by atoms with van der Waals surface area (Å²) in [5.41, 5.74) is 0. The van der Waals surface area contributed by atoms with Crippen LogP contribution in [0.15, 0.2) is 0 Å². The second-order valence-electron chi connectivity index (χ2n) is 7.51. The number of hydrogen-bond acceptors (Lipinski definition) is 2. The Bertz CT molecular complexity index is 396. The fourth-order valence-corrected chi connectivity index (χ4v) is 5.73. The van der Waals surface area contributed by atoms with Crippen LogP contribution in [0.3, 0.4) is 0 Å². The largest absolute Gasteiger partial charge is 0.371 e. The van der Waals surface area contributed by atoms with E-state index in [0.29, 0.717) is 12.1 Å². The zero-order chi connectivity index (χ0) is 13.7. The lowest BCUT2D eigenvalue weighted by Gasteiger charge is -2.27. The van der Waals surface area contributed by atoms with Crippen LogP contribution >= 0.6 is 24.4 Å². The van der Waals surface area contributed by atoms with Gasteiger partial charge in [0.05, 0.1) is 0 Å². The standard InChI is InChI=1S/C16H24N2S2/c19-15(17-13-7-9-1-3-11(13)5-9)16(20)18-14-8-10-2-4-12(14)6-10/h9-14H,1-8H2,(H,17,19)(H,18,20). The lowest BCUT2D eigenvalue weighted by Crippen LogP contribution is -2.48. The highest BCUT2D eigenvalue weighted by Gasteiger charge is 2.41. The minimum Gasteiger partial charge on any atom is -0.371 e. The maximum absolute atomic E-state index is 5.53. The van der Waals surface area contributed by atoms with Gasteiger partial charge in [0.25, 0.3) is 0 Å². The molecule has 2 nitrogen and oxygen atoms in total. The normalized spacial score (nSPS) is 44.8. The second-order valence-corrected chi connectivity index (χ2v) is 8.33. The molecule has 0 saturated heterocycles. The van der Waals surface area contributed by atoms with E-state index in [0.717, 1.165) is 33.6 Å². The van der Waals surface area contributed by atoms with Crippen molar-refractivity contribution in [3.05, 3.63) is 0 Å². The molecule has 4 rings (SSSR count). The van der Waals surface area contributed by atoms with E-state index in [1.807, 2.05) is 0 Å². The van der Waals surface area contributed by atoms with Crippen molar-refractivity contribution in [2.75, 3.05) is 0 Å². The van der Waals surface area contributed by atoms with Crippen molar-refractivity contribution in [3.8, 4) is 0 Å². The van der Waals surface area contributed by atoms with Crippen LogP contribution in [0.4, 0.5) is 0 Å². The van der Waals surface area contributed by atoms with Crippen molar-refractivity contribution in [2.45, 2.75) is 63.5 Å². The molecule has 0 aromatic carbocycles. The Hall–Kier alpha value is -0.220. The van der Waals surface area contributed by atoms with Crippen molar-refractivity contribution < 1.29 is 0 Å². The van der Waals surface area contributed by atoms with Gasteiger partial charge in [-0.25, -0.2) is 0 Å². The molecule has 2 N–H and O–H groups in total. The van der Waals surface area contributed by atoms with E-state index in [1.165, 1.54) is 51.4 Å². The van der Waals surface area contributed by atoms with Gasteiger partial charge < -0.3 is 10.6 Å². The Morgan fingerprint density at radius 2 is 1.10 bits per heavy atom. The molecule has 20 heavy (non-hydrogen) atoms. The molecule has 4 aliphatic carbocycles. The van der Waals surface area contributed by atoms with E-state index in [9.17, 15) is 0 Å². The molecule has 0 spiro atoms. The molecule has 6 unspecified atom stereocenters. The topological polar surface area (TPSA) is 24.1 Å². The molecule has 0 aromatic heterocycles. The van der Waals surface area contributed by atoms with Gasteiger partial charge in [-0.1, -0.05) is 37.3 Å². The van der Waals surface area contributed by atoms with Crippen LogP contribution in [-0.4, -0.2) is 22.1 Å². The van der Waals surface area contributed by atoms with Crippen LogP contribution in [-0.2, 0) is 0 Å². The van der Waals surface area contributed by atoms with Crippen molar-refractivity contribution in [1.82, 2.24) is 10.6 Å². The minimum absolute atomic E-state index is 0.598. The summed E-state index contributed by atoms with van der Waals surface area (Å²) in [6.07, 6.45) is 11.1. The summed E-state index contributed by atoms with van der Waals surface area (Å²) in [7, 11) is 0. The number of hydrogen-bond donors (Lipinski definition) is 2. The van der Waals surface area contributed by atoms with Gasteiger partial charge in [0, 0.05) is 12.1 Å². The molecule has 0 amide bonds. The van der Waals surface area contributed by atoms with Crippen molar-refractivity contribution in [2.24, 2.45) is 23.7 Å². The van der Waals surface area contributed by atoms with Crippen LogP contribution in [0.25, 0.3) is 0 Å². The van der Waals surface area contributed by atoms with Crippen LogP contribution in [0.1, 0.15) is 51.4 Å². The van der Waals surface area contributed by atoms with E-state index in [2.05, 4.69) is 10.6 Å². The zero-order valence-electron chi connectivity index (χ0n) is 11.9. The summed E-state index contributed by atoms with van der Waals surface area (Å²) in [6, 6.07) is 1.20. The number of fused-ring (bicyclic) bond motifs is 4. The fraction of sp³-hybridized carbons (Fsp3) is 0.875. The highest BCUT2D eigenvalue weighted by atomic mass is 32.1. The molecule has 110 valence electrons. The predicted molar refractivity (Wildman–Crippen MR) is 89.9 cm³/mol. The lowest BCUT2D eigenvalue weighted by atomic mass is 9.95. The Labute approximate surface area is 132 Å². The highest BCUT2D eigenvalue weighted by molar-refractivity contribution is 7.89. The lowest BCUT2D eigenvalue weighted by molar-refractivity contribution is 0.388. The summed E-state index contributed by atoms with van der Waals surface area (Å²) in [5.74, 6) is 3.60. The van der Waals surface area contributed by atoms with Gasteiger partial charge in [0.15, 0.2) is 0 Å².